The molecule has 1 aromatic carbocycles. The Morgan fingerprint density at radius 1 is 1.14 bits per heavy atom. The van der Waals surface area contributed by atoms with E-state index in [1.807, 2.05) is 30.3 Å². The summed E-state index contributed by atoms with van der Waals surface area (Å²) in [5.41, 5.74) is 7.32. The van der Waals surface area contributed by atoms with Crippen LogP contribution in [0.15, 0.2) is 36.5 Å². The van der Waals surface area contributed by atoms with Crippen molar-refractivity contribution in [3.8, 4) is 0 Å². The first-order valence-electron chi connectivity index (χ1n) is 3.71. The maximum atomic E-state index is 5.69. The molecule has 1 heterocycles. The van der Waals surface area contributed by atoms with Gasteiger partial charge in [-0.25, -0.2) is 0 Å². The van der Waals surface area contributed by atoms with Gasteiger partial charge in [-0.2, -0.15) is 0 Å². The third kappa shape index (κ3) is 3.02. The molecule has 78 valence electrons. The zero-order valence-electron chi connectivity index (χ0n) is 7.06. The monoisotopic (exact) mass is 272 g/mol. The second-order valence-corrected chi connectivity index (χ2v) is 4.10. The van der Waals surface area contributed by atoms with Crippen molar-refractivity contribution < 1.29 is 12.7 Å². The summed E-state index contributed by atoms with van der Waals surface area (Å²) >= 11 is 0.569. The second-order valence-electron chi connectivity index (χ2n) is 2.47. The molecule has 2 aromatic rings. The van der Waals surface area contributed by atoms with Crippen molar-refractivity contribution in [2.75, 3.05) is 5.73 Å². The Balaban J connectivity index is 0.000000293. The minimum atomic E-state index is 0.569. The number of para-hydroxylation sites is 1. The Morgan fingerprint density at radius 2 is 1.79 bits per heavy atom. The van der Waals surface area contributed by atoms with E-state index in [1.54, 1.807) is 6.20 Å². The van der Waals surface area contributed by atoms with E-state index in [-0.39, 0.29) is 0 Å². The number of nitrogen functional groups attached to an aromatic ring is 1. The Morgan fingerprint density at radius 3 is 2.43 bits per heavy atom. The van der Waals surface area contributed by atoms with E-state index in [9.17, 15) is 0 Å². The Bertz CT molecular complexity index is 403. The number of benzene rings is 1. The summed E-state index contributed by atoms with van der Waals surface area (Å²) in [6, 6.07) is 9.69. The van der Waals surface area contributed by atoms with E-state index >= 15 is 0 Å². The molecule has 0 radical (unpaired) electrons. The van der Waals surface area contributed by atoms with Crippen LogP contribution in [0, 0.1) is 0 Å². The predicted octanol–water partition coefficient (Wildman–Crippen LogP) is 3.19. The quantitative estimate of drug-likeness (QED) is 0.591. The van der Waals surface area contributed by atoms with Gasteiger partial charge in [-0.15, -0.1) is 0 Å². The summed E-state index contributed by atoms with van der Waals surface area (Å²) in [6.07, 6.45) is 1.75. The zero-order chi connectivity index (χ0) is 10.4. The first-order chi connectivity index (χ1) is 6.79. The van der Waals surface area contributed by atoms with Crippen LogP contribution in [0.5, 0.6) is 0 Å². The predicted molar refractivity (Wildman–Crippen MR) is 57.9 cm³/mol. The van der Waals surface area contributed by atoms with Crippen LogP contribution in [0.4, 0.5) is 5.69 Å². The number of halogens is 2. The molecule has 0 aliphatic heterocycles. The van der Waals surface area contributed by atoms with Gasteiger partial charge in [-0.1, -0.05) is 18.2 Å². The fourth-order valence-electron chi connectivity index (χ4n) is 1.13. The van der Waals surface area contributed by atoms with Crippen molar-refractivity contribution in [1.82, 2.24) is 4.98 Å². The van der Waals surface area contributed by atoms with E-state index in [0.717, 1.165) is 16.6 Å². The van der Waals surface area contributed by atoms with Crippen molar-refractivity contribution in [2.24, 2.45) is 0 Å². The van der Waals surface area contributed by atoms with Crippen LogP contribution in [0.3, 0.4) is 0 Å². The van der Waals surface area contributed by atoms with Crippen molar-refractivity contribution in [1.29, 1.82) is 0 Å². The molecule has 2 N–H and O–H groups in total. The van der Waals surface area contributed by atoms with Gasteiger partial charge in [0.1, 0.15) is 0 Å². The van der Waals surface area contributed by atoms with Gasteiger partial charge in [-0.05, 0) is 12.1 Å². The van der Waals surface area contributed by atoms with Crippen LogP contribution in [-0.2, 0) is 12.7 Å². The number of rotatable bonds is 0. The third-order valence-corrected chi connectivity index (χ3v) is 1.66. The minimum absolute atomic E-state index is 0.569. The van der Waals surface area contributed by atoms with Crippen molar-refractivity contribution in [2.45, 2.75) is 0 Å². The summed E-state index contributed by atoms with van der Waals surface area (Å²) < 4.78 is 0. The van der Waals surface area contributed by atoms with Gasteiger partial charge in [0.15, 0.2) is 0 Å². The standard InChI is InChI=1S/C9H8N2.2ClH.Ni/c10-8-5-1-3-7-4-2-6-11-9(7)8;;;/h1-6H,10H2;2*1H;/q;;;+2/p-2. The normalized spacial score (nSPS) is 9.57. The first-order valence-corrected chi connectivity index (χ1v) is 6.43. The van der Waals surface area contributed by atoms with Crippen molar-refractivity contribution in [3.63, 3.8) is 0 Å². The van der Waals surface area contributed by atoms with Gasteiger partial charge in [0.05, 0.1) is 11.2 Å². The maximum absolute atomic E-state index is 5.69. The van der Waals surface area contributed by atoms with Crippen molar-refractivity contribution >= 4 is 37.0 Å². The van der Waals surface area contributed by atoms with Crippen LogP contribution in [0.2, 0.25) is 0 Å². The summed E-state index contributed by atoms with van der Waals surface area (Å²) in [7, 11) is 9.40. The van der Waals surface area contributed by atoms with Gasteiger partial charge in [0, 0.05) is 11.6 Å². The topological polar surface area (TPSA) is 38.9 Å². The van der Waals surface area contributed by atoms with E-state index < -0.39 is 0 Å². The first kappa shape index (κ1) is 11.6. The fraction of sp³-hybridized carbons (Fsp3) is 0. The molecule has 0 atom stereocenters. The number of hydrogen-bond acceptors (Lipinski definition) is 2. The molecule has 0 saturated heterocycles. The van der Waals surface area contributed by atoms with Gasteiger partial charge >= 0.3 is 33.0 Å². The molecule has 2 nitrogen and oxygen atoms in total. The van der Waals surface area contributed by atoms with E-state index in [4.69, 9.17) is 26.1 Å². The zero-order valence-corrected chi connectivity index (χ0v) is 9.56. The molecule has 0 unspecified atom stereocenters. The molecule has 0 fully saturated rings. The van der Waals surface area contributed by atoms with Gasteiger partial charge in [0.25, 0.3) is 0 Å². The number of aromatic nitrogens is 1. The Labute approximate surface area is 96.8 Å². The summed E-state index contributed by atoms with van der Waals surface area (Å²) in [6.45, 7) is 0. The van der Waals surface area contributed by atoms with Crippen LogP contribution < -0.4 is 5.73 Å². The summed E-state index contributed by atoms with van der Waals surface area (Å²) in [5, 5.41) is 1.09. The van der Waals surface area contributed by atoms with Crippen LogP contribution >= 0.6 is 20.4 Å². The van der Waals surface area contributed by atoms with Crippen LogP contribution in [0.25, 0.3) is 10.9 Å². The van der Waals surface area contributed by atoms with Crippen molar-refractivity contribution in [3.05, 3.63) is 36.5 Å². The Hall–Kier alpha value is -0.496. The third-order valence-electron chi connectivity index (χ3n) is 1.66. The Kier molecular flexibility index (Phi) is 5.02. The van der Waals surface area contributed by atoms with Gasteiger partial charge in [0.2, 0.25) is 0 Å². The van der Waals surface area contributed by atoms with Gasteiger partial charge in [-0.3, -0.25) is 4.98 Å². The molecular formula is C9H8Cl2N2Ni. The molecule has 0 spiro atoms. The molecule has 2 rings (SSSR count). The summed E-state index contributed by atoms with van der Waals surface area (Å²) in [4.78, 5) is 4.16. The van der Waals surface area contributed by atoms with E-state index in [1.165, 1.54) is 0 Å². The summed E-state index contributed by atoms with van der Waals surface area (Å²) in [5.74, 6) is 0. The van der Waals surface area contributed by atoms with Crippen LogP contribution in [-0.4, -0.2) is 4.98 Å². The molecule has 0 bridgehead atoms. The average Bonchev–Trinajstić information content (AvgIpc) is 2.20. The molecule has 14 heavy (non-hydrogen) atoms. The van der Waals surface area contributed by atoms with E-state index in [0.29, 0.717) is 12.7 Å². The molecule has 0 aliphatic rings. The molecule has 0 aliphatic carbocycles. The molecular weight excluding hydrogens is 266 g/mol. The average molecular weight is 274 g/mol. The molecule has 5 heteroatoms. The SMILES string of the molecule is Nc1cccc2cccnc12.[Cl][Ni][Cl]. The molecule has 0 amide bonds. The molecule has 0 saturated carbocycles. The number of nitrogens with two attached hydrogens (primary N) is 1. The van der Waals surface area contributed by atoms with E-state index in [2.05, 4.69) is 4.98 Å². The second kappa shape index (κ2) is 6.07. The number of pyridine rings is 1. The number of hydrogen-bond donors (Lipinski definition) is 1. The fourth-order valence-corrected chi connectivity index (χ4v) is 1.13. The number of fused-ring (bicyclic) bond motifs is 1. The van der Waals surface area contributed by atoms with Crippen LogP contribution in [0.1, 0.15) is 0 Å². The molecule has 1 aromatic heterocycles. The number of nitrogens with zero attached hydrogens (tertiary/aromatic N) is 1. The van der Waals surface area contributed by atoms with Gasteiger partial charge < -0.3 is 5.73 Å². The number of anilines is 1.